The molecule has 0 radical (unpaired) electrons. The summed E-state index contributed by atoms with van der Waals surface area (Å²) in [4.78, 5) is 15.8. The summed E-state index contributed by atoms with van der Waals surface area (Å²) in [6.07, 6.45) is 0.563. The summed E-state index contributed by atoms with van der Waals surface area (Å²) >= 11 is 12.5. The molecule has 0 spiro atoms. The lowest BCUT2D eigenvalue weighted by Crippen LogP contribution is -2.45. The number of esters is 1. The van der Waals surface area contributed by atoms with Crippen molar-refractivity contribution in [2.45, 2.75) is 25.4 Å². The van der Waals surface area contributed by atoms with Crippen molar-refractivity contribution in [2.75, 3.05) is 7.11 Å². The Balaban J connectivity index is 1.93. The van der Waals surface area contributed by atoms with Crippen molar-refractivity contribution in [3.05, 3.63) is 68.8 Å². The Morgan fingerprint density at radius 1 is 1.23 bits per heavy atom. The Kier molecular flexibility index (Phi) is 4.43. The van der Waals surface area contributed by atoms with Crippen LogP contribution in [0, 0.1) is 6.92 Å². The van der Waals surface area contributed by atoms with Crippen molar-refractivity contribution in [2.24, 2.45) is 0 Å². The number of ether oxygens (including phenoxy) is 1. The first-order valence-electron chi connectivity index (χ1n) is 8.38. The van der Waals surface area contributed by atoms with Crippen molar-refractivity contribution in [1.29, 1.82) is 0 Å². The highest BCUT2D eigenvalue weighted by Crippen LogP contribution is 2.38. The number of nitrogens with one attached hydrogen (secondary N) is 2. The fraction of sp³-hybridized carbons (Fsp3) is 0.250. The van der Waals surface area contributed by atoms with Gasteiger partial charge in [0.25, 0.3) is 0 Å². The molecule has 0 saturated carbocycles. The number of aromatic nitrogens is 1. The van der Waals surface area contributed by atoms with Crippen LogP contribution in [0.15, 0.2) is 36.4 Å². The lowest BCUT2D eigenvalue weighted by molar-refractivity contribution is -0.143. The predicted octanol–water partition coefficient (Wildman–Crippen LogP) is 4.56. The summed E-state index contributed by atoms with van der Waals surface area (Å²) in [5.41, 5.74) is 5.26. The highest BCUT2D eigenvalue weighted by Gasteiger charge is 2.35. The van der Waals surface area contributed by atoms with Crippen molar-refractivity contribution < 1.29 is 9.53 Å². The Bertz CT molecular complexity index is 1010. The monoisotopic (exact) mass is 388 g/mol. The molecule has 0 amide bonds. The summed E-state index contributed by atoms with van der Waals surface area (Å²) in [5.74, 6) is -0.285. The van der Waals surface area contributed by atoms with Crippen LogP contribution in [0.3, 0.4) is 0 Å². The van der Waals surface area contributed by atoms with Crippen molar-refractivity contribution in [3.63, 3.8) is 0 Å². The van der Waals surface area contributed by atoms with Crippen molar-refractivity contribution >= 4 is 40.1 Å². The number of hydrogen-bond acceptors (Lipinski definition) is 3. The van der Waals surface area contributed by atoms with Crippen LogP contribution in [-0.2, 0) is 16.0 Å². The van der Waals surface area contributed by atoms with Crippen LogP contribution in [0.4, 0.5) is 0 Å². The quantitative estimate of drug-likeness (QED) is 0.632. The molecule has 2 atom stereocenters. The third-order valence-electron chi connectivity index (χ3n) is 5.01. The minimum absolute atomic E-state index is 0.251. The number of fused-ring (bicyclic) bond motifs is 3. The van der Waals surface area contributed by atoms with E-state index in [1.54, 1.807) is 12.1 Å². The van der Waals surface area contributed by atoms with Crippen LogP contribution in [0.25, 0.3) is 10.9 Å². The number of benzene rings is 2. The molecule has 0 bridgehead atoms. The Hall–Kier alpha value is -2.01. The predicted molar refractivity (Wildman–Crippen MR) is 104 cm³/mol. The third-order valence-corrected chi connectivity index (χ3v) is 5.57. The van der Waals surface area contributed by atoms with Gasteiger partial charge in [0.15, 0.2) is 0 Å². The smallest absolute Gasteiger partial charge is 0.323 e. The number of hydrogen-bond donors (Lipinski definition) is 2. The average molecular weight is 389 g/mol. The fourth-order valence-electron chi connectivity index (χ4n) is 3.73. The van der Waals surface area contributed by atoms with Crippen LogP contribution in [0.5, 0.6) is 0 Å². The lowest BCUT2D eigenvalue weighted by atomic mass is 9.90. The maximum Gasteiger partial charge on any atom is 0.323 e. The molecule has 4 nitrogen and oxygen atoms in total. The second-order valence-electron chi connectivity index (χ2n) is 6.56. The van der Waals surface area contributed by atoms with Gasteiger partial charge < -0.3 is 9.72 Å². The number of carbonyl (C=O) groups is 1. The summed E-state index contributed by atoms with van der Waals surface area (Å²) in [6, 6.07) is 10.9. The Labute approximate surface area is 161 Å². The van der Waals surface area contributed by atoms with E-state index in [9.17, 15) is 4.79 Å². The number of aryl methyl sites for hydroxylation is 1. The Morgan fingerprint density at radius 3 is 2.77 bits per heavy atom. The second-order valence-corrected chi connectivity index (χ2v) is 7.40. The molecular formula is C20H18Cl2N2O2. The largest absolute Gasteiger partial charge is 0.468 e. The van der Waals surface area contributed by atoms with Gasteiger partial charge >= 0.3 is 5.97 Å². The molecule has 0 aliphatic carbocycles. The van der Waals surface area contributed by atoms with Gasteiger partial charge in [0.2, 0.25) is 0 Å². The molecule has 134 valence electrons. The minimum atomic E-state index is -0.441. The number of para-hydroxylation sites is 1. The van der Waals surface area contributed by atoms with Gasteiger partial charge in [0.1, 0.15) is 6.04 Å². The van der Waals surface area contributed by atoms with Crippen LogP contribution >= 0.6 is 23.2 Å². The molecule has 2 heterocycles. The lowest BCUT2D eigenvalue weighted by Gasteiger charge is -2.30. The number of rotatable bonds is 2. The average Bonchev–Trinajstić information content (AvgIpc) is 3.01. The number of carbonyl (C=O) groups excluding carboxylic acids is 1. The second kappa shape index (κ2) is 6.62. The zero-order valence-corrected chi connectivity index (χ0v) is 15.9. The first kappa shape index (κ1) is 17.4. The number of H-pyrrole nitrogens is 1. The van der Waals surface area contributed by atoms with Crippen molar-refractivity contribution in [3.8, 4) is 0 Å². The van der Waals surface area contributed by atoms with E-state index in [1.165, 1.54) is 7.11 Å². The van der Waals surface area contributed by atoms with E-state index in [4.69, 9.17) is 27.9 Å². The van der Waals surface area contributed by atoms with Crippen LogP contribution < -0.4 is 5.32 Å². The number of halogens is 2. The molecule has 3 aromatic rings. The van der Waals surface area contributed by atoms with E-state index in [0.717, 1.165) is 33.3 Å². The topological polar surface area (TPSA) is 54.1 Å². The minimum Gasteiger partial charge on any atom is -0.468 e. The summed E-state index contributed by atoms with van der Waals surface area (Å²) in [5, 5.41) is 5.65. The maximum atomic E-state index is 12.3. The third kappa shape index (κ3) is 2.78. The van der Waals surface area contributed by atoms with Gasteiger partial charge in [-0.05, 0) is 35.7 Å². The van der Waals surface area contributed by atoms with E-state index < -0.39 is 6.04 Å². The standard InChI is InChI=1S/C20H18Cl2N2O2/c1-10-4-3-5-12-14-9-16(20(25)26-2)23-18(19(14)24-17(10)12)13-7-6-11(21)8-15(13)22/h3-8,16,18,23-24H,9H2,1-2H3. The van der Waals surface area contributed by atoms with E-state index in [2.05, 4.69) is 29.4 Å². The molecular weight excluding hydrogens is 371 g/mol. The maximum absolute atomic E-state index is 12.3. The molecule has 26 heavy (non-hydrogen) atoms. The Morgan fingerprint density at radius 2 is 2.04 bits per heavy atom. The summed E-state index contributed by atoms with van der Waals surface area (Å²) < 4.78 is 4.98. The van der Waals surface area contributed by atoms with E-state index >= 15 is 0 Å². The molecule has 6 heteroatoms. The van der Waals surface area contributed by atoms with E-state index in [1.807, 2.05) is 12.1 Å². The highest BCUT2D eigenvalue weighted by atomic mass is 35.5. The zero-order valence-electron chi connectivity index (χ0n) is 14.4. The van der Waals surface area contributed by atoms with Gasteiger partial charge in [0, 0.05) is 33.1 Å². The summed E-state index contributed by atoms with van der Waals surface area (Å²) in [7, 11) is 1.41. The zero-order chi connectivity index (χ0) is 18.4. The number of aromatic amines is 1. The molecule has 2 aromatic carbocycles. The molecule has 1 aliphatic rings. The van der Waals surface area contributed by atoms with Crippen LogP contribution in [0.2, 0.25) is 10.0 Å². The van der Waals surface area contributed by atoms with Gasteiger partial charge in [-0.3, -0.25) is 10.1 Å². The highest BCUT2D eigenvalue weighted by molar-refractivity contribution is 6.35. The summed E-state index contributed by atoms with van der Waals surface area (Å²) in [6.45, 7) is 2.07. The van der Waals surface area contributed by atoms with Crippen LogP contribution in [-0.4, -0.2) is 24.1 Å². The van der Waals surface area contributed by atoms with Gasteiger partial charge in [-0.1, -0.05) is 47.5 Å². The van der Waals surface area contributed by atoms with Gasteiger partial charge in [-0.25, -0.2) is 0 Å². The normalized spacial score (nSPS) is 19.4. The first-order valence-corrected chi connectivity index (χ1v) is 9.14. The molecule has 0 saturated heterocycles. The van der Waals surface area contributed by atoms with Crippen molar-refractivity contribution in [1.82, 2.24) is 10.3 Å². The van der Waals surface area contributed by atoms with Crippen LogP contribution in [0.1, 0.15) is 28.4 Å². The fourth-order valence-corrected chi connectivity index (χ4v) is 4.25. The molecule has 2 N–H and O–H groups in total. The van der Waals surface area contributed by atoms with Gasteiger partial charge in [-0.15, -0.1) is 0 Å². The van der Waals surface area contributed by atoms with E-state index in [0.29, 0.717) is 16.5 Å². The molecule has 1 aliphatic heterocycles. The molecule has 4 rings (SSSR count). The van der Waals surface area contributed by atoms with Gasteiger partial charge in [0.05, 0.1) is 13.2 Å². The van der Waals surface area contributed by atoms with Gasteiger partial charge in [-0.2, -0.15) is 0 Å². The SMILES string of the molecule is COC(=O)C1Cc2c([nH]c3c(C)cccc23)C(c2ccc(Cl)cc2Cl)N1. The first-order chi connectivity index (χ1) is 12.5. The van der Waals surface area contributed by atoms with E-state index in [-0.39, 0.29) is 12.0 Å². The molecule has 1 aromatic heterocycles. The molecule has 0 fully saturated rings. The number of methoxy groups -OCH3 is 1. The molecule has 2 unspecified atom stereocenters.